The summed E-state index contributed by atoms with van der Waals surface area (Å²) in [5.74, 6) is 0.346. The molecule has 15 heavy (non-hydrogen) atoms. The fraction of sp³-hybridized carbons (Fsp3) is 0.462. The van der Waals surface area contributed by atoms with E-state index in [9.17, 15) is 4.79 Å². The summed E-state index contributed by atoms with van der Waals surface area (Å²) in [6.07, 6.45) is 0. The van der Waals surface area contributed by atoms with Crippen LogP contribution in [0.5, 0.6) is 0 Å². The number of hydrogen-bond donors (Lipinski definition) is 0. The van der Waals surface area contributed by atoms with Gasteiger partial charge in [0.15, 0.2) is 0 Å². The fourth-order valence-electron chi connectivity index (χ4n) is 1.96. The van der Waals surface area contributed by atoms with Crippen LogP contribution < -0.4 is 0 Å². The van der Waals surface area contributed by atoms with E-state index in [-0.39, 0.29) is 17.4 Å². The Balaban J connectivity index is 2.11. The van der Waals surface area contributed by atoms with Crippen LogP contribution in [-0.4, -0.2) is 22.9 Å². The number of amides is 1. The number of carbonyl (C=O) groups excluding carboxylic acids is 1. The molecule has 1 aliphatic rings. The minimum Gasteiger partial charge on any atom is -0.336 e. The maximum atomic E-state index is 11.9. The zero-order valence-corrected chi connectivity index (χ0v) is 9.53. The van der Waals surface area contributed by atoms with Crippen LogP contribution in [0.2, 0.25) is 0 Å². The van der Waals surface area contributed by atoms with Crippen LogP contribution in [0.25, 0.3) is 0 Å². The first-order valence-electron chi connectivity index (χ1n) is 5.36. The van der Waals surface area contributed by atoms with Gasteiger partial charge in [0.2, 0.25) is 5.91 Å². The Bertz CT molecular complexity index is 364. The zero-order valence-electron chi connectivity index (χ0n) is 9.53. The molecule has 0 spiro atoms. The van der Waals surface area contributed by atoms with Crippen LogP contribution in [0.15, 0.2) is 30.3 Å². The van der Waals surface area contributed by atoms with E-state index < -0.39 is 0 Å². The number of nitrogens with zero attached hydrogens (tertiary/aromatic N) is 1. The Hall–Kier alpha value is -1.31. The molecule has 0 aromatic heterocycles. The third-order valence-corrected chi connectivity index (χ3v) is 2.94. The van der Waals surface area contributed by atoms with Gasteiger partial charge in [0.1, 0.15) is 0 Å². The van der Waals surface area contributed by atoms with E-state index in [0.29, 0.717) is 0 Å². The van der Waals surface area contributed by atoms with Crippen LogP contribution in [0.1, 0.15) is 32.3 Å². The van der Waals surface area contributed by atoms with Gasteiger partial charge in [-0.1, -0.05) is 30.3 Å². The second kappa shape index (κ2) is 3.37. The van der Waals surface area contributed by atoms with Crippen LogP contribution in [0.3, 0.4) is 0 Å². The van der Waals surface area contributed by atoms with Crippen molar-refractivity contribution < 1.29 is 4.79 Å². The maximum absolute atomic E-state index is 11.9. The highest BCUT2D eigenvalue weighted by Gasteiger charge is 2.42. The molecular weight excluding hydrogens is 186 g/mol. The minimum atomic E-state index is -0.0393. The molecule has 0 aliphatic carbocycles. The molecule has 1 amide bonds. The van der Waals surface area contributed by atoms with Gasteiger partial charge in [-0.2, -0.15) is 0 Å². The van der Waals surface area contributed by atoms with Gasteiger partial charge >= 0.3 is 0 Å². The Morgan fingerprint density at radius 3 is 2.27 bits per heavy atom. The van der Waals surface area contributed by atoms with Gasteiger partial charge in [-0.05, 0) is 26.3 Å². The Kier molecular flexibility index (Phi) is 2.29. The van der Waals surface area contributed by atoms with Gasteiger partial charge in [0.05, 0.1) is 5.92 Å². The summed E-state index contributed by atoms with van der Waals surface area (Å²) < 4.78 is 0. The topological polar surface area (TPSA) is 20.3 Å². The quantitative estimate of drug-likeness (QED) is 0.642. The lowest BCUT2D eigenvalue weighted by molar-refractivity contribution is -0.149. The first kappa shape index (κ1) is 10.2. The predicted octanol–water partition coefficient (Wildman–Crippen LogP) is 2.41. The highest BCUT2D eigenvalue weighted by atomic mass is 16.2. The van der Waals surface area contributed by atoms with E-state index >= 15 is 0 Å². The van der Waals surface area contributed by atoms with E-state index in [1.165, 1.54) is 0 Å². The summed E-state index contributed by atoms with van der Waals surface area (Å²) in [5, 5.41) is 0. The average Bonchev–Trinajstić information content (AvgIpc) is 2.15. The van der Waals surface area contributed by atoms with Gasteiger partial charge in [-0.15, -0.1) is 0 Å². The molecule has 0 saturated carbocycles. The Morgan fingerprint density at radius 2 is 1.80 bits per heavy atom. The first-order chi connectivity index (χ1) is 7.00. The van der Waals surface area contributed by atoms with E-state index in [2.05, 4.69) is 20.8 Å². The summed E-state index contributed by atoms with van der Waals surface area (Å²) in [6, 6.07) is 10.0. The molecule has 2 rings (SSSR count). The normalized spacial score (nSPS) is 21.4. The molecule has 0 radical (unpaired) electrons. The van der Waals surface area contributed by atoms with Gasteiger partial charge in [0, 0.05) is 12.1 Å². The summed E-state index contributed by atoms with van der Waals surface area (Å²) in [5.41, 5.74) is 1.10. The van der Waals surface area contributed by atoms with Crippen molar-refractivity contribution in [3.8, 4) is 0 Å². The molecule has 1 saturated heterocycles. The summed E-state index contributed by atoms with van der Waals surface area (Å²) in [4.78, 5) is 13.9. The standard InChI is InChI=1S/C13H17NO/c1-13(2,3)14-9-11(12(14)15)10-7-5-4-6-8-10/h4-8,11H,9H2,1-3H3. The van der Waals surface area contributed by atoms with E-state index in [0.717, 1.165) is 12.1 Å². The van der Waals surface area contributed by atoms with Crippen molar-refractivity contribution in [3.63, 3.8) is 0 Å². The summed E-state index contributed by atoms with van der Waals surface area (Å²) in [6.45, 7) is 7.08. The predicted molar refractivity (Wildman–Crippen MR) is 60.6 cm³/mol. The number of hydrogen-bond acceptors (Lipinski definition) is 1. The largest absolute Gasteiger partial charge is 0.336 e. The van der Waals surface area contributed by atoms with Crippen molar-refractivity contribution >= 4 is 5.91 Å². The monoisotopic (exact) mass is 203 g/mol. The van der Waals surface area contributed by atoms with Crippen LogP contribution in [0.4, 0.5) is 0 Å². The van der Waals surface area contributed by atoms with Gasteiger partial charge in [0.25, 0.3) is 0 Å². The summed E-state index contributed by atoms with van der Waals surface area (Å²) >= 11 is 0. The fourth-order valence-corrected chi connectivity index (χ4v) is 1.96. The van der Waals surface area contributed by atoms with Gasteiger partial charge in [-0.3, -0.25) is 4.79 Å². The Labute approximate surface area is 90.9 Å². The number of carbonyl (C=O) groups is 1. The second-order valence-corrected chi connectivity index (χ2v) is 5.08. The lowest BCUT2D eigenvalue weighted by Crippen LogP contribution is -2.59. The van der Waals surface area contributed by atoms with Crippen molar-refractivity contribution in [1.82, 2.24) is 4.90 Å². The third kappa shape index (κ3) is 1.76. The molecule has 80 valence electrons. The number of likely N-dealkylation sites (tertiary alicyclic amines) is 1. The minimum absolute atomic E-state index is 0.0393. The summed E-state index contributed by atoms with van der Waals surface area (Å²) in [7, 11) is 0. The molecular formula is C13H17NO. The molecule has 1 aromatic carbocycles. The number of benzene rings is 1. The van der Waals surface area contributed by atoms with Crippen LogP contribution in [0, 0.1) is 0 Å². The molecule has 2 nitrogen and oxygen atoms in total. The lowest BCUT2D eigenvalue weighted by Gasteiger charge is -2.47. The van der Waals surface area contributed by atoms with Crippen LogP contribution in [-0.2, 0) is 4.79 Å². The van der Waals surface area contributed by atoms with Crippen molar-refractivity contribution in [1.29, 1.82) is 0 Å². The molecule has 0 N–H and O–H groups in total. The molecule has 1 heterocycles. The highest BCUT2D eigenvalue weighted by molar-refractivity contribution is 5.90. The van der Waals surface area contributed by atoms with Crippen molar-refractivity contribution in [2.75, 3.05) is 6.54 Å². The zero-order chi connectivity index (χ0) is 11.1. The van der Waals surface area contributed by atoms with Gasteiger partial charge in [-0.25, -0.2) is 0 Å². The average molecular weight is 203 g/mol. The van der Waals surface area contributed by atoms with Gasteiger partial charge < -0.3 is 4.90 Å². The number of β-lactam (4-membered cyclic amide) rings is 1. The molecule has 1 fully saturated rings. The van der Waals surface area contributed by atoms with Crippen LogP contribution >= 0.6 is 0 Å². The SMILES string of the molecule is CC(C)(C)N1CC(c2ccccc2)C1=O. The van der Waals surface area contributed by atoms with Crippen molar-refractivity contribution in [3.05, 3.63) is 35.9 Å². The number of rotatable bonds is 1. The molecule has 1 atom stereocenters. The van der Waals surface area contributed by atoms with E-state index in [4.69, 9.17) is 0 Å². The molecule has 2 heteroatoms. The van der Waals surface area contributed by atoms with E-state index in [1.54, 1.807) is 0 Å². The molecule has 1 aliphatic heterocycles. The van der Waals surface area contributed by atoms with E-state index in [1.807, 2.05) is 35.2 Å². The smallest absolute Gasteiger partial charge is 0.232 e. The maximum Gasteiger partial charge on any atom is 0.232 e. The second-order valence-electron chi connectivity index (χ2n) is 5.08. The van der Waals surface area contributed by atoms with Crippen molar-refractivity contribution in [2.24, 2.45) is 0 Å². The Morgan fingerprint density at radius 1 is 1.20 bits per heavy atom. The third-order valence-electron chi connectivity index (χ3n) is 2.94. The van der Waals surface area contributed by atoms with Crippen molar-refractivity contribution in [2.45, 2.75) is 32.2 Å². The lowest BCUT2D eigenvalue weighted by atomic mass is 9.86. The highest BCUT2D eigenvalue weighted by Crippen LogP contribution is 2.33. The first-order valence-corrected chi connectivity index (χ1v) is 5.36. The molecule has 1 unspecified atom stereocenters. The molecule has 0 bridgehead atoms. The molecule has 1 aromatic rings.